The van der Waals surface area contributed by atoms with E-state index in [2.05, 4.69) is 58.7 Å². The number of rotatable bonds is 5. The van der Waals surface area contributed by atoms with Crippen molar-refractivity contribution in [3.05, 3.63) is 22.4 Å². The van der Waals surface area contributed by atoms with E-state index >= 15 is 0 Å². The average molecular weight is 425 g/mol. The van der Waals surface area contributed by atoms with Crippen LogP contribution < -0.4 is 10.6 Å². The molecule has 0 amide bonds. The van der Waals surface area contributed by atoms with Crippen LogP contribution in [0.1, 0.15) is 31.6 Å². The number of nitrogens with one attached hydrogen (secondary N) is 2. The van der Waals surface area contributed by atoms with Crippen molar-refractivity contribution in [2.24, 2.45) is 4.99 Å². The van der Waals surface area contributed by atoms with Crippen LogP contribution in [0, 0.1) is 0 Å². The lowest BCUT2D eigenvalue weighted by Gasteiger charge is -2.24. The third kappa shape index (κ3) is 5.81. The molecule has 0 saturated carbocycles. The lowest BCUT2D eigenvalue weighted by molar-refractivity contribution is 0.585. The number of hydrogen-bond acceptors (Lipinski definition) is 3. The predicted octanol–water partition coefficient (Wildman–Crippen LogP) is 3.71. The molecule has 1 fully saturated rings. The average Bonchev–Trinajstić information content (AvgIpc) is 3.05. The molecule has 2 heterocycles. The zero-order chi connectivity index (χ0) is 13.6. The van der Waals surface area contributed by atoms with Gasteiger partial charge in [-0.2, -0.15) is 11.8 Å². The van der Waals surface area contributed by atoms with Gasteiger partial charge in [0.15, 0.2) is 5.96 Å². The zero-order valence-corrected chi connectivity index (χ0v) is 16.1. The number of halogens is 1. The highest BCUT2D eigenvalue weighted by Gasteiger charge is 2.29. The Bertz CT molecular complexity index is 401. The molecule has 3 nitrogen and oxygen atoms in total. The summed E-state index contributed by atoms with van der Waals surface area (Å²) in [6.45, 7) is 7.11. The van der Waals surface area contributed by atoms with Gasteiger partial charge in [0, 0.05) is 22.7 Å². The van der Waals surface area contributed by atoms with Crippen LogP contribution in [0.3, 0.4) is 0 Å². The minimum absolute atomic E-state index is 0. The van der Waals surface area contributed by atoms with Crippen molar-refractivity contribution in [1.82, 2.24) is 10.6 Å². The molecule has 1 aromatic rings. The van der Waals surface area contributed by atoms with Crippen LogP contribution in [0.25, 0.3) is 0 Å². The van der Waals surface area contributed by atoms with Gasteiger partial charge < -0.3 is 10.6 Å². The predicted molar refractivity (Wildman–Crippen MR) is 103 cm³/mol. The molecule has 0 radical (unpaired) electrons. The first kappa shape index (κ1) is 18.1. The fourth-order valence-corrected chi connectivity index (χ4v) is 4.02. The summed E-state index contributed by atoms with van der Waals surface area (Å²) >= 11 is 3.84. The maximum absolute atomic E-state index is 4.64. The Morgan fingerprint density at radius 1 is 1.45 bits per heavy atom. The van der Waals surface area contributed by atoms with Crippen molar-refractivity contribution >= 4 is 53.0 Å². The highest BCUT2D eigenvalue weighted by Crippen LogP contribution is 2.36. The maximum Gasteiger partial charge on any atom is 0.191 e. The number of nitrogens with zero attached hydrogens (tertiary/aromatic N) is 1. The second kappa shape index (κ2) is 9.15. The number of hydrogen-bond donors (Lipinski definition) is 2. The Balaban J connectivity index is 0.00000200. The summed E-state index contributed by atoms with van der Waals surface area (Å²) in [6, 6.07) is 4.21. The molecule has 0 bridgehead atoms. The Labute approximate surface area is 147 Å². The van der Waals surface area contributed by atoms with Crippen molar-refractivity contribution in [3.8, 4) is 0 Å². The van der Waals surface area contributed by atoms with Gasteiger partial charge in [-0.25, -0.2) is 4.99 Å². The van der Waals surface area contributed by atoms with Crippen molar-refractivity contribution in [3.63, 3.8) is 0 Å². The highest BCUT2D eigenvalue weighted by molar-refractivity contribution is 14.0. The van der Waals surface area contributed by atoms with E-state index in [-0.39, 0.29) is 24.0 Å². The molecule has 1 atom stereocenters. The molecule has 1 aliphatic heterocycles. The van der Waals surface area contributed by atoms with Crippen LogP contribution in [-0.2, 0) is 6.54 Å². The van der Waals surface area contributed by atoms with E-state index in [0.717, 1.165) is 25.6 Å². The number of thiophene rings is 1. The van der Waals surface area contributed by atoms with E-state index in [1.807, 2.05) is 0 Å². The summed E-state index contributed by atoms with van der Waals surface area (Å²) < 4.78 is 0.374. The van der Waals surface area contributed by atoms with Gasteiger partial charge in [0.2, 0.25) is 0 Å². The minimum Gasteiger partial charge on any atom is -0.357 e. The van der Waals surface area contributed by atoms with Gasteiger partial charge >= 0.3 is 0 Å². The lowest BCUT2D eigenvalue weighted by atomic mass is 10.1. The molecule has 2 rings (SSSR count). The summed E-state index contributed by atoms with van der Waals surface area (Å²) in [4.78, 5) is 5.95. The third-order valence-corrected chi connectivity index (χ3v) is 5.65. The Kier molecular flexibility index (Phi) is 8.28. The van der Waals surface area contributed by atoms with E-state index in [9.17, 15) is 0 Å². The Morgan fingerprint density at radius 2 is 2.30 bits per heavy atom. The van der Waals surface area contributed by atoms with Crippen molar-refractivity contribution in [1.29, 1.82) is 0 Å². The van der Waals surface area contributed by atoms with E-state index in [0.29, 0.717) is 4.75 Å². The fourth-order valence-electron chi connectivity index (χ4n) is 2.15. The molecule has 2 N–H and O–H groups in total. The van der Waals surface area contributed by atoms with Crippen LogP contribution in [0.2, 0.25) is 0 Å². The molecular weight excluding hydrogens is 401 g/mol. The SMILES string of the molecule is CCNC(=NCc1cccs1)NCC1(C)CCCS1.I. The van der Waals surface area contributed by atoms with Crippen LogP contribution in [0.15, 0.2) is 22.5 Å². The quantitative estimate of drug-likeness (QED) is 0.429. The largest absolute Gasteiger partial charge is 0.357 e. The summed E-state index contributed by atoms with van der Waals surface area (Å²) in [5, 5.41) is 8.91. The van der Waals surface area contributed by atoms with Crippen molar-refractivity contribution in [2.75, 3.05) is 18.8 Å². The maximum atomic E-state index is 4.64. The van der Waals surface area contributed by atoms with Crippen LogP contribution >= 0.6 is 47.1 Å². The minimum atomic E-state index is 0. The molecule has 0 spiro atoms. The summed E-state index contributed by atoms with van der Waals surface area (Å²) in [5.41, 5.74) is 0. The van der Waals surface area contributed by atoms with E-state index in [4.69, 9.17) is 0 Å². The highest BCUT2D eigenvalue weighted by atomic mass is 127. The first-order valence-electron chi connectivity index (χ1n) is 6.90. The molecular formula is C14H24IN3S2. The van der Waals surface area contributed by atoms with Gasteiger partial charge in [-0.3, -0.25) is 0 Å². The van der Waals surface area contributed by atoms with Gasteiger partial charge in [-0.05, 0) is 43.9 Å². The Hall–Kier alpha value is 0.0500. The molecule has 1 unspecified atom stereocenters. The van der Waals surface area contributed by atoms with Crippen LogP contribution in [0.5, 0.6) is 0 Å². The van der Waals surface area contributed by atoms with E-state index in [1.54, 1.807) is 11.3 Å². The monoisotopic (exact) mass is 425 g/mol. The zero-order valence-electron chi connectivity index (χ0n) is 12.1. The first-order chi connectivity index (χ1) is 9.22. The molecule has 0 aromatic carbocycles. The number of guanidine groups is 1. The lowest BCUT2D eigenvalue weighted by Crippen LogP contribution is -2.43. The topological polar surface area (TPSA) is 36.4 Å². The summed E-state index contributed by atoms with van der Waals surface area (Å²) in [7, 11) is 0. The Morgan fingerprint density at radius 3 is 2.90 bits per heavy atom. The third-order valence-electron chi connectivity index (χ3n) is 3.25. The first-order valence-corrected chi connectivity index (χ1v) is 8.77. The van der Waals surface area contributed by atoms with Crippen molar-refractivity contribution in [2.45, 2.75) is 38.0 Å². The fraction of sp³-hybridized carbons (Fsp3) is 0.643. The van der Waals surface area contributed by atoms with Gasteiger partial charge in [0.25, 0.3) is 0 Å². The molecule has 1 aromatic heterocycles. The van der Waals surface area contributed by atoms with Crippen molar-refractivity contribution < 1.29 is 0 Å². The second-order valence-electron chi connectivity index (χ2n) is 5.03. The van der Waals surface area contributed by atoms with Crippen LogP contribution in [-0.4, -0.2) is 29.5 Å². The molecule has 0 aliphatic carbocycles. The molecule has 1 saturated heterocycles. The van der Waals surface area contributed by atoms with Gasteiger partial charge in [0.1, 0.15) is 0 Å². The smallest absolute Gasteiger partial charge is 0.191 e. The normalized spacial score (nSPS) is 22.4. The van der Waals surface area contributed by atoms with Gasteiger partial charge in [-0.1, -0.05) is 6.07 Å². The summed E-state index contributed by atoms with van der Waals surface area (Å²) in [5.74, 6) is 2.23. The van der Waals surface area contributed by atoms with Gasteiger partial charge in [0.05, 0.1) is 6.54 Å². The standard InChI is InChI=1S/C14H23N3S2.HI/c1-3-15-13(16-10-12-6-4-8-18-12)17-11-14(2)7-5-9-19-14;/h4,6,8H,3,5,7,9-11H2,1-2H3,(H2,15,16,17);1H. The number of thioether (sulfide) groups is 1. The molecule has 114 valence electrons. The molecule has 6 heteroatoms. The second-order valence-corrected chi connectivity index (χ2v) is 7.74. The van der Waals surface area contributed by atoms with E-state index < -0.39 is 0 Å². The summed E-state index contributed by atoms with van der Waals surface area (Å²) in [6.07, 6.45) is 2.64. The van der Waals surface area contributed by atoms with Crippen LogP contribution in [0.4, 0.5) is 0 Å². The van der Waals surface area contributed by atoms with E-state index in [1.165, 1.54) is 23.5 Å². The molecule has 20 heavy (non-hydrogen) atoms. The van der Waals surface area contributed by atoms with Gasteiger partial charge in [-0.15, -0.1) is 35.3 Å². The number of aliphatic imine (C=N–C) groups is 1. The molecule has 1 aliphatic rings.